The lowest BCUT2D eigenvalue weighted by Gasteiger charge is -2.31. The summed E-state index contributed by atoms with van der Waals surface area (Å²) in [6.45, 7) is 1.34. The van der Waals surface area contributed by atoms with Gasteiger partial charge in [0, 0.05) is 31.5 Å². The van der Waals surface area contributed by atoms with E-state index in [9.17, 15) is 18.3 Å². The van der Waals surface area contributed by atoms with Crippen LogP contribution < -0.4 is 0 Å². The minimum atomic E-state index is -3.24. The predicted octanol–water partition coefficient (Wildman–Crippen LogP) is 0.935. The van der Waals surface area contributed by atoms with Gasteiger partial charge in [0.2, 0.25) is 0 Å². The third kappa shape index (κ3) is 3.37. The van der Waals surface area contributed by atoms with E-state index in [-0.39, 0.29) is 23.3 Å². The van der Waals surface area contributed by atoms with Crippen LogP contribution in [-0.2, 0) is 9.84 Å². The summed E-state index contributed by atoms with van der Waals surface area (Å²) in [6, 6.07) is 5.99. The number of likely N-dealkylation sites (tertiary alicyclic amines) is 1. The zero-order valence-corrected chi connectivity index (χ0v) is 12.3. The standard InChI is InChI=1S/C14H19NO4S/c1-20(18,19)13-6-4-12(5-7-13)14(17)15-8-2-3-11(9-15)10-16/h4-7,11,16H,2-3,8-10H2,1H3. The van der Waals surface area contributed by atoms with Crippen LogP contribution in [0.5, 0.6) is 0 Å². The Morgan fingerprint density at radius 3 is 2.55 bits per heavy atom. The molecule has 0 aromatic heterocycles. The molecule has 110 valence electrons. The maximum absolute atomic E-state index is 12.3. The summed E-state index contributed by atoms with van der Waals surface area (Å²) in [5.41, 5.74) is 0.482. The van der Waals surface area contributed by atoms with Gasteiger partial charge in [-0.2, -0.15) is 0 Å². The number of rotatable bonds is 3. The van der Waals surface area contributed by atoms with Crippen molar-refractivity contribution in [1.82, 2.24) is 4.90 Å². The quantitative estimate of drug-likeness (QED) is 0.901. The smallest absolute Gasteiger partial charge is 0.253 e. The molecule has 1 heterocycles. The molecule has 1 aliphatic rings. The number of benzene rings is 1. The fourth-order valence-electron chi connectivity index (χ4n) is 2.43. The van der Waals surface area contributed by atoms with Gasteiger partial charge in [0.15, 0.2) is 9.84 Å². The molecule has 1 aromatic rings. The zero-order chi connectivity index (χ0) is 14.8. The number of amides is 1. The number of sulfone groups is 1. The first kappa shape index (κ1) is 15.0. The SMILES string of the molecule is CS(=O)(=O)c1ccc(C(=O)N2CCCC(CO)C2)cc1. The summed E-state index contributed by atoms with van der Waals surface area (Å²) in [5.74, 6) is 0.0335. The second kappa shape index (κ2) is 5.93. The molecule has 1 atom stereocenters. The molecule has 6 heteroatoms. The summed E-state index contributed by atoms with van der Waals surface area (Å²) >= 11 is 0. The van der Waals surface area contributed by atoms with Crippen molar-refractivity contribution in [2.75, 3.05) is 26.0 Å². The molecule has 20 heavy (non-hydrogen) atoms. The Labute approximate surface area is 119 Å². The molecule has 0 bridgehead atoms. The number of carbonyl (C=O) groups is 1. The Morgan fingerprint density at radius 2 is 2.00 bits per heavy atom. The molecule has 1 unspecified atom stereocenters. The van der Waals surface area contributed by atoms with E-state index in [1.54, 1.807) is 17.0 Å². The molecule has 1 saturated heterocycles. The fraction of sp³-hybridized carbons (Fsp3) is 0.500. The normalized spacial score (nSPS) is 19.9. The van der Waals surface area contributed by atoms with Gasteiger partial charge in [0.1, 0.15) is 0 Å². The lowest BCUT2D eigenvalue weighted by atomic mass is 9.98. The molecule has 1 fully saturated rings. The van der Waals surface area contributed by atoms with Gasteiger partial charge in [-0.15, -0.1) is 0 Å². The number of hydrogen-bond donors (Lipinski definition) is 1. The number of piperidine rings is 1. The molecule has 1 aromatic carbocycles. The van der Waals surface area contributed by atoms with Gasteiger partial charge in [-0.25, -0.2) is 8.42 Å². The summed E-state index contributed by atoms with van der Waals surface area (Å²) < 4.78 is 22.7. The Hall–Kier alpha value is -1.40. The minimum absolute atomic E-state index is 0.0940. The van der Waals surface area contributed by atoms with Crippen LogP contribution in [0.15, 0.2) is 29.2 Å². The Morgan fingerprint density at radius 1 is 1.35 bits per heavy atom. The molecule has 1 N–H and O–H groups in total. The molecule has 0 saturated carbocycles. The fourth-order valence-corrected chi connectivity index (χ4v) is 3.06. The number of aliphatic hydroxyl groups is 1. The first-order valence-corrected chi connectivity index (χ1v) is 8.51. The highest BCUT2D eigenvalue weighted by atomic mass is 32.2. The highest BCUT2D eigenvalue weighted by molar-refractivity contribution is 7.90. The van der Waals surface area contributed by atoms with Crippen LogP contribution in [0.4, 0.5) is 0 Å². The first-order valence-electron chi connectivity index (χ1n) is 6.62. The molecular weight excluding hydrogens is 278 g/mol. The predicted molar refractivity (Wildman–Crippen MR) is 75.3 cm³/mol. The highest BCUT2D eigenvalue weighted by Gasteiger charge is 2.24. The Balaban J connectivity index is 2.13. The van der Waals surface area contributed by atoms with E-state index >= 15 is 0 Å². The lowest BCUT2D eigenvalue weighted by molar-refractivity contribution is 0.0620. The molecule has 2 rings (SSSR count). The van der Waals surface area contributed by atoms with Crippen molar-refractivity contribution >= 4 is 15.7 Å². The lowest BCUT2D eigenvalue weighted by Crippen LogP contribution is -2.40. The summed E-state index contributed by atoms with van der Waals surface area (Å²) in [4.78, 5) is 14.2. The average molecular weight is 297 g/mol. The van der Waals surface area contributed by atoms with E-state index in [1.807, 2.05) is 0 Å². The van der Waals surface area contributed by atoms with Crippen molar-refractivity contribution < 1.29 is 18.3 Å². The van der Waals surface area contributed by atoms with Gasteiger partial charge >= 0.3 is 0 Å². The maximum Gasteiger partial charge on any atom is 0.253 e. The van der Waals surface area contributed by atoms with Crippen molar-refractivity contribution in [3.05, 3.63) is 29.8 Å². The van der Waals surface area contributed by atoms with Crippen molar-refractivity contribution in [1.29, 1.82) is 0 Å². The van der Waals surface area contributed by atoms with E-state index in [0.29, 0.717) is 18.7 Å². The molecule has 1 amide bonds. The van der Waals surface area contributed by atoms with Crippen LogP contribution in [0.3, 0.4) is 0 Å². The second-order valence-corrected chi connectivity index (χ2v) is 7.25. The third-order valence-corrected chi connectivity index (χ3v) is 4.72. The van der Waals surface area contributed by atoms with E-state index in [0.717, 1.165) is 19.1 Å². The van der Waals surface area contributed by atoms with Crippen LogP contribution in [0.2, 0.25) is 0 Å². The van der Waals surface area contributed by atoms with Crippen molar-refractivity contribution in [2.45, 2.75) is 17.7 Å². The zero-order valence-electron chi connectivity index (χ0n) is 11.4. The van der Waals surface area contributed by atoms with Gasteiger partial charge in [0.25, 0.3) is 5.91 Å². The Kier molecular flexibility index (Phi) is 4.45. The summed E-state index contributed by atoms with van der Waals surface area (Å²) in [5, 5.41) is 9.18. The molecule has 0 radical (unpaired) electrons. The topological polar surface area (TPSA) is 74.7 Å². The number of carbonyl (C=O) groups excluding carboxylic acids is 1. The molecule has 0 spiro atoms. The van der Waals surface area contributed by atoms with Gasteiger partial charge in [0.05, 0.1) is 4.90 Å². The summed E-state index contributed by atoms with van der Waals surface area (Å²) in [6.07, 6.45) is 2.96. The van der Waals surface area contributed by atoms with Gasteiger partial charge < -0.3 is 10.0 Å². The van der Waals surface area contributed by atoms with Gasteiger partial charge in [-0.3, -0.25) is 4.79 Å². The molecular formula is C14H19NO4S. The van der Waals surface area contributed by atoms with E-state index in [1.165, 1.54) is 12.1 Å². The number of hydrogen-bond acceptors (Lipinski definition) is 4. The number of aliphatic hydroxyl groups excluding tert-OH is 1. The minimum Gasteiger partial charge on any atom is -0.396 e. The van der Waals surface area contributed by atoms with Crippen LogP contribution in [0.1, 0.15) is 23.2 Å². The molecule has 1 aliphatic heterocycles. The number of nitrogens with zero attached hydrogens (tertiary/aromatic N) is 1. The van der Waals surface area contributed by atoms with Crippen LogP contribution in [-0.4, -0.2) is 50.3 Å². The maximum atomic E-state index is 12.3. The molecule has 0 aliphatic carbocycles. The van der Waals surface area contributed by atoms with Crippen molar-refractivity contribution in [3.63, 3.8) is 0 Å². The third-order valence-electron chi connectivity index (χ3n) is 3.59. The van der Waals surface area contributed by atoms with E-state index in [4.69, 9.17) is 0 Å². The van der Waals surface area contributed by atoms with Crippen LogP contribution >= 0.6 is 0 Å². The van der Waals surface area contributed by atoms with E-state index < -0.39 is 9.84 Å². The highest BCUT2D eigenvalue weighted by Crippen LogP contribution is 2.19. The first-order chi connectivity index (χ1) is 9.41. The van der Waals surface area contributed by atoms with E-state index in [2.05, 4.69) is 0 Å². The van der Waals surface area contributed by atoms with Gasteiger partial charge in [-0.05, 0) is 43.0 Å². The molecule has 5 nitrogen and oxygen atoms in total. The summed E-state index contributed by atoms with van der Waals surface area (Å²) in [7, 11) is -3.24. The van der Waals surface area contributed by atoms with Crippen LogP contribution in [0.25, 0.3) is 0 Å². The van der Waals surface area contributed by atoms with Crippen molar-refractivity contribution in [3.8, 4) is 0 Å². The second-order valence-electron chi connectivity index (χ2n) is 5.24. The monoisotopic (exact) mass is 297 g/mol. The van der Waals surface area contributed by atoms with Gasteiger partial charge in [-0.1, -0.05) is 0 Å². The average Bonchev–Trinajstić information content (AvgIpc) is 2.46. The Bertz CT molecular complexity index is 580. The largest absolute Gasteiger partial charge is 0.396 e. The van der Waals surface area contributed by atoms with Crippen LogP contribution in [0, 0.1) is 5.92 Å². The van der Waals surface area contributed by atoms with Crippen molar-refractivity contribution in [2.24, 2.45) is 5.92 Å².